The number of aromatic nitrogens is 2. The van der Waals surface area contributed by atoms with Crippen LogP contribution in [-0.4, -0.2) is 16.1 Å². The van der Waals surface area contributed by atoms with Crippen molar-refractivity contribution in [1.82, 2.24) is 10.2 Å². The summed E-state index contributed by atoms with van der Waals surface area (Å²) < 4.78 is 5.85. The number of aromatic amines is 1. The molecule has 0 spiro atoms. The van der Waals surface area contributed by atoms with Crippen LogP contribution in [0.1, 0.15) is 21.7 Å². The normalized spacial score (nSPS) is 10.3. The third kappa shape index (κ3) is 3.23. The fourth-order valence-corrected chi connectivity index (χ4v) is 2.34. The standard InChI is InChI=1S/C18H17N3O2/c1-12-17(13(2)21-20-12)18(22)19-15-10-6-7-11-16(15)23-14-8-4-3-5-9-14/h3-11H,1-2H3,(H,19,22)(H,20,21). The minimum Gasteiger partial charge on any atom is -0.455 e. The van der Waals surface area contributed by atoms with E-state index < -0.39 is 0 Å². The molecule has 116 valence electrons. The van der Waals surface area contributed by atoms with Gasteiger partial charge in [-0.1, -0.05) is 30.3 Å². The maximum Gasteiger partial charge on any atom is 0.259 e. The van der Waals surface area contributed by atoms with Gasteiger partial charge in [-0.2, -0.15) is 5.10 Å². The molecule has 0 bridgehead atoms. The molecule has 0 atom stereocenters. The number of benzene rings is 2. The molecule has 0 aliphatic rings. The van der Waals surface area contributed by atoms with Gasteiger partial charge >= 0.3 is 0 Å². The maximum absolute atomic E-state index is 12.5. The molecule has 0 saturated heterocycles. The summed E-state index contributed by atoms with van der Waals surface area (Å²) in [6, 6.07) is 16.8. The van der Waals surface area contributed by atoms with Crippen LogP contribution in [0.3, 0.4) is 0 Å². The Morgan fingerprint density at radius 2 is 1.74 bits per heavy atom. The number of ether oxygens (including phenoxy) is 1. The molecule has 0 aliphatic carbocycles. The van der Waals surface area contributed by atoms with E-state index >= 15 is 0 Å². The van der Waals surface area contributed by atoms with Crippen LogP contribution in [0.4, 0.5) is 5.69 Å². The molecule has 3 aromatic rings. The maximum atomic E-state index is 12.5. The third-order valence-electron chi connectivity index (χ3n) is 3.46. The second-order valence-corrected chi connectivity index (χ2v) is 5.17. The molecule has 2 aromatic carbocycles. The van der Waals surface area contributed by atoms with Crippen molar-refractivity contribution in [2.24, 2.45) is 0 Å². The lowest BCUT2D eigenvalue weighted by atomic mass is 10.2. The third-order valence-corrected chi connectivity index (χ3v) is 3.46. The van der Waals surface area contributed by atoms with Gasteiger partial charge in [0.25, 0.3) is 5.91 Å². The Morgan fingerprint density at radius 3 is 2.43 bits per heavy atom. The van der Waals surface area contributed by atoms with E-state index in [4.69, 9.17) is 4.74 Å². The molecule has 0 aliphatic heterocycles. The summed E-state index contributed by atoms with van der Waals surface area (Å²) in [5.74, 6) is 1.09. The van der Waals surface area contributed by atoms with Crippen LogP contribution in [0.15, 0.2) is 54.6 Å². The Hall–Kier alpha value is -3.08. The van der Waals surface area contributed by atoms with Gasteiger partial charge in [0.05, 0.1) is 16.9 Å². The van der Waals surface area contributed by atoms with Gasteiger partial charge in [-0.25, -0.2) is 0 Å². The highest BCUT2D eigenvalue weighted by Crippen LogP contribution is 2.29. The van der Waals surface area contributed by atoms with E-state index in [0.29, 0.717) is 28.4 Å². The number of H-pyrrole nitrogens is 1. The number of rotatable bonds is 4. The molecule has 5 heteroatoms. The zero-order valence-corrected chi connectivity index (χ0v) is 13.0. The molecule has 23 heavy (non-hydrogen) atoms. The molecule has 2 N–H and O–H groups in total. The van der Waals surface area contributed by atoms with Crippen molar-refractivity contribution in [1.29, 1.82) is 0 Å². The second kappa shape index (κ2) is 6.36. The van der Waals surface area contributed by atoms with Crippen LogP contribution < -0.4 is 10.1 Å². The summed E-state index contributed by atoms with van der Waals surface area (Å²) in [4.78, 5) is 12.5. The first kappa shape index (κ1) is 14.8. The molecule has 3 rings (SSSR count). The van der Waals surface area contributed by atoms with E-state index in [1.54, 1.807) is 13.0 Å². The SMILES string of the molecule is Cc1n[nH]c(C)c1C(=O)Nc1ccccc1Oc1ccccc1. The van der Waals surface area contributed by atoms with Crippen molar-refractivity contribution >= 4 is 11.6 Å². The lowest BCUT2D eigenvalue weighted by Crippen LogP contribution is -2.14. The zero-order valence-electron chi connectivity index (χ0n) is 13.0. The monoisotopic (exact) mass is 307 g/mol. The Morgan fingerprint density at radius 1 is 1.04 bits per heavy atom. The summed E-state index contributed by atoms with van der Waals surface area (Å²) in [6.07, 6.45) is 0. The predicted octanol–water partition coefficient (Wildman–Crippen LogP) is 4.07. The molecule has 0 fully saturated rings. The molecular weight excluding hydrogens is 290 g/mol. The van der Waals surface area contributed by atoms with E-state index in [2.05, 4.69) is 15.5 Å². The number of hydrogen-bond donors (Lipinski definition) is 2. The number of carbonyl (C=O) groups is 1. The number of nitrogens with zero attached hydrogens (tertiary/aromatic N) is 1. The van der Waals surface area contributed by atoms with Crippen LogP contribution in [0, 0.1) is 13.8 Å². The lowest BCUT2D eigenvalue weighted by Gasteiger charge is -2.12. The highest BCUT2D eigenvalue weighted by molar-refractivity contribution is 6.06. The molecule has 1 amide bonds. The number of amides is 1. The van der Waals surface area contributed by atoms with Crippen molar-refractivity contribution in [3.63, 3.8) is 0 Å². The Labute approximate surface area is 134 Å². The van der Waals surface area contributed by atoms with E-state index in [1.807, 2.05) is 55.5 Å². The Bertz CT molecular complexity index is 806. The van der Waals surface area contributed by atoms with Gasteiger partial charge < -0.3 is 10.1 Å². The number of aryl methyl sites for hydroxylation is 2. The fourth-order valence-electron chi connectivity index (χ4n) is 2.34. The van der Waals surface area contributed by atoms with Gasteiger partial charge in [0.1, 0.15) is 5.75 Å². The molecular formula is C18H17N3O2. The molecule has 5 nitrogen and oxygen atoms in total. The van der Waals surface area contributed by atoms with Gasteiger partial charge in [-0.15, -0.1) is 0 Å². The number of para-hydroxylation sites is 3. The molecule has 1 heterocycles. The van der Waals surface area contributed by atoms with Crippen LogP contribution in [0.5, 0.6) is 11.5 Å². The topological polar surface area (TPSA) is 67.0 Å². The van der Waals surface area contributed by atoms with Crippen LogP contribution in [0.25, 0.3) is 0 Å². The molecule has 0 radical (unpaired) electrons. The van der Waals surface area contributed by atoms with Crippen molar-refractivity contribution in [3.05, 3.63) is 71.5 Å². The van der Waals surface area contributed by atoms with Gasteiger partial charge in [0.2, 0.25) is 0 Å². The number of anilines is 1. The van der Waals surface area contributed by atoms with Crippen molar-refractivity contribution in [2.75, 3.05) is 5.32 Å². The lowest BCUT2D eigenvalue weighted by molar-refractivity contribution is 0.102. The van der Waals surface area contributed by atoms with Crippen molar-refractivity contribution < 1.29 is 9.53 Å². The smallest absolute Gasteiger partial charge is 0.259 e. The second-order valence-electron chi connectivity index (χ2n) is 5.17. The number of hydrogen-bond acceptors (Lipinski definition) is 3. The first-order valence-electron chi connectivity index (χ1n) is 7.30. The number of nitrogens with one attached hydrogen (secondary N) is 2. The first-order chi connectivity index (χ1) is 11.1. The average molecular weight is 307 g/mol. The Kier molecular flexibility index (Phi) is 4.10. The highest BCUT2D eigenvalue weighted by Gasteiger charge is 2.17. The summed E-state index contributed by atoms with van der Waals surface area (Å²) in [5.41, 5.74) is 2.57. The van der Waals surface area contributed by atoms with Gasteiger partial charge in [-0.3, -0.25) is 9.89 Å². The molecule has 1 aromatic heterocycles. The van der Waals surface area contributed by atoms with E-state index in [0.717, 1.165) is 5.69 Å². The largest absolute Gasteiger partial charge is 0.455 e. The van der Waals surface area contributed by atoms with E-state index in [-0.39, 0.29) is 5.91 Å². The summed E-state index contributed by atoms with van der Waals surface area (Å²) >= 11 is 0. The zero-order chi connectivity index (χ0) is 16.2. The number of carbonyl (C=O) groups excluding carboxylic acids is 1. The minimum absolute atomic E-state index is 0.210. The van der Waals surface area contributed by atoms with Gasteiger partial charge in [0, 0.05) is 5.69 Å². The van der Waals surface area contributed by atoms with Crippen LogP contribution in [-0.2, 0) is 0 Å². The molecule has 0 unspecified atom stereocenters. The molecule has 0 saturated carbocycles. The average Bonchev–Trinajstić information content (AvgIpc) is 2.89. The summed E-state index contributed by atoms with van der Waals surface area (Å²) in [7, 11) is 0. The fraction of sp³-hybridized carbons (Fsp3) is 0.111. The summed E-state index contributed by atoms with van der Waals surface area (Å²) in [6.45, 7) is 3.62. The predicted molar refractivity (Wildman–Crippen MR) is 89.0 cm³/mol. The quantitative estimate of drug-likeness (QED) is 0.763. The highest BCUT2D eigenvalue weighted by atomic mass is 16.5. The van der Waals surface area contributed by atoms with Crippen molar-refractivity contribution in [3.8, 4) is 11.5 Å². The van der Waals surface area contributed by atoms with Gasteiger partial charge in [0.15, 0.2) is 5.75 Å². The van der Waals surface area contributed by atoms with Crippen LogP contribution in [0.2, 0.25) is 0 Å². The van der Waals surface area contributed by atoms with Crippen molar-refractivity contribution in [2.45, 2.75) is 13.8 Å². The van der Waals surface area contributed by atoms with E-state index in [9.17, 15) is 4.79 Å². The first-order valence-corrected chi connectivity index (χ1v) is 7.30. The Balaban J connectivity index is 1.85. The minimum atomic E-state index is -0.210. The van der Waals surface area contributed by atoms with E-state index in [1.165, 1.54) is 0 Å². The summed E-state index contributed by atoms with van der Waals surface area (Å²) in [5, 5.41) is 9.76. The van der Waals surface area contributed by atoms with Gasteiger partial charge in [-0.05, 0) is 38.1 Å². The van der Waals surface area contributed by atoms with Crippen LogP contribution >= 0.6 is 0 Å².